The summed E-state index contributed by atoms with van der Waals surface area (Å²) >= 11 is 10.9. The van der Waals surface area contributed by atoms with Crippen LogP contribution in [0.15, 0.2) is 89.9 Å². The van der Waals surface area contributed by atoms with E-state index in [0.29, 0.717) is 56.3 Å². The number of thiazole rings is 1. The van der Waals surface area contributed by atoms with E-state index in [9.17, 15) is 24.6 Å². The number of aliphatic carboxylic acids is 1. The first-order valence-corrected chi connectivity index (χ1v) is 28.4. The summed E-state index contributed by atoms with van der Waals surface area (Å²) in [5, 5.41) is 38.0. The number of benzene rings is 4. The van der Waals surface area contributed by atoms with Crippen LogP contribution < -0.4 is 36.9 Å². The number of thioether (sulfide) groups is 1. The number of nitrogen functional groups attached to an aromatic ring is 1. The van der Waals surface area contributed by atoms with E-state index in [1.807, 2.05) is 90.1 Å². The minimum absolute atomic E-state index is 0. The molecule has 0 spiro atoms. The van der Waals surface area contributed by atoms with Crippen LogP contribution in [0, 0.1) is 0 Å². The lowest BCUT2D eigenvalue weighted by molar-refractivity contribution is -0.134. The van der Waals surface area contributed by atoms with Gasteiger partial charge in [0, 0.05) is 48.9 Å². The normalized spacial score (nSPS) is 14.6. The molecule has 10 N–H and O–H groups in total. The number of carbonyl (C=O) groups excluding carboxylic acids is 3. The lowest BCUT2D eigenvalue weighted by Crippen LogP contribution is -2.36. The second kappa shape index (κ2) is 33.4. The number of aromatic nitrogens is 1. The fourth-order valence-electron chi connectivity index (χ4n) is 7.40. The predicted molar refractivity (Wildman–Crippen MR) is 328 cm³/mol. The number of hydrogen-bond acceptors (Lipinski definition) is 16. The van der Waals surface area contributed by atoms with Crippen LogP contribution in [0.4, 0.5) is 27.1 Å². The van der Waals surface area contributed by atoms with Crippen molar-refractivity contribution in [2.45, 2.75) is 105 Å². The van der Waals surface area contributed by atoms with E-state index in [2.05, 4.69) is 41.9 Å². The third-order valence-electron chi connectivity index (χ3n) is 10.9. The van der Waals surface area contributed by atoms with Gasteiger partial charge >= 0.3 is 6.09 Å². The van der Waals surface area contributed by atoms with Gasteiger partial charge in [-0.05, 0) is 161 Å². The second-order valence-corrected chi connectivity index (χ2v) is 21.7. The topological polar surface area (TPSA) is 273 Å². The van der Waals surface area contributed by atoms with Crippen molar-refractivity contribution >= 4 is 117 Å². The predicted octanol–water partition coefficient (Wildman–Crippen LogP) is 11.0. The van der Waals surface area contributed by atoms with E-state index >= 15 is 0 Å². The molecule has 0 saturated carbocycles. The Kier molecular flexibility index (Phi) is 28.4. The molecule has 1 amide bonds. The lowest BCUT2D eigenvalue weighted by atomic mass is 10.0. The van der Waals surface area contributed by atoms with Gasteiger partial charge in [0.15, 0.2) is 21.2 Å². The number of aliphatic imine (C=N–C) groups is 1. The lowest BCUT2D eigenvalue weighted by Gasteiger charge is -2.24. The highest BCUT2D eigenvalue weighted by molar-refractivity contribution is 9.09. The number of carboxylic acids is 1. The smallest absolute Gasteiger partial charge is 0.410 e. The van der Waals surface area contributed by atoms with Crippen molar-refractivity contribution in [2.75, 3.05) is 53.6 Å². The number of alkyl halides is 1. The molecule has 23 heteroatoms. The van der Waals surface area contributed by atoms with Crippen LogP contribution in [-0.2, 0) is 22.4 Å². The number of nitrogens with two attached hydrogens (primary N) is 2. The molecular weight excluding hydrogens is 1140 g/mol. The number of aryl methyl sites for hydroxylation is 2. The van der Waals surface area contributed by atoms with Gasteiger partial charge in [0.05, 0.1) is 11.9 Å². The number of phenols is 2. The first kappa shape index (κ1) is 66.3. The van der Waals surface area contributed by atoms with Gasteiger partial charge in [-0.1, -0.05) is 72.6 Å². The van der Waals surface area contributed by atoms with Crippen molar-refractivity contribution in [3.8, 4) is 23.0 Å². The summed E-state index contributed by atoms with van der Waals surface area (Å²) in [5.74, 6) is 2.08. The summed E-state index contributed by atoms with van der Waals surface area (Å²) in [7, 11) is 0. The Hall–Kier alpha value is -6.03. The molecule has 0 bridgehead atoms. The van der Waals surface area contributed by atoms with Crippen LogP contribution in [0.3, 0.4) is 0 Å². The number of nitrogens with zero attached hydrogens (tertiary/aromatic N) is 3. The van der Waals surface area contributed by atoms with Crippen molar-refractivity contribution < 1.29 is 48.7 Å². The SMILES string of the molecule is CC(=O)O.CCCc1cc(C(=O)CBr)ccc1O.CCCc1cc(C(=O)c2sc(Nc3ccc(OC4CCNC4)cc3)nc2N)ccc1O.CCSC(N)=NC(=S)Nc1ccc(OC2CCN(C(=O)OC(C)(C)C)C2)cc1.P. The van der Waals surface area contributed by atoms with E-state index in [0.717, 1.165) is 91.9 Å². The number of amidine groups is 1. The molecule has 2 aliphatic heterocycles. The molecule has 424 valence electrons. The van der Waals surface area contributed by atoms with Gasteiger partial charge < -0.3 is 61.8 Å². The fourth-order valence-corrected chi connectivity index (χ4v) is 9.32. The van der Waals surface area contributed by atoms with Crippen molar-refractivity contribution in [3.05, 3.63) is 112 Å². The highest BCUT2D eigenvalue weighted by Crippen LogP contribution is 2.32. The standard InChI is InChI=1S/C23H26N4O3S.C19H28N4O3S2.C11H13BrO2.C2H4O2.H3P/c1-2-3-14-12-15(4-9-19(14)28)20(29)21-22(24)27-23(31-21)26-16-5-7-17(8-6-16)30-18-10-11-25-13-18;1-5-28-16(20)22-17(27)21-13-6-8-14(9-7-13)25-15-10-11-23(12-15)18(24)26-19(2,3)4;1-2-3-8-6-9(11(14)7-12)4-5-10(8)13;1-2(3)4;/h4-9,12,18,25,28H,2-3,10-11,13,24H2,1H3,(H,26,27);6-9,15H,5,10-12H2,1-4H3,(H3,20,21,22,27);4-6,13H,2-3,7H2,1H3;1H3,(H,3,4);1H3. The Bertz CT molecular complexity index is 2770. The molecule has 78 heavy (non-hydrogen) atoms. The molecule has 4 aromatic carbocycles. The largest absolute Gasteiger partial charge is 0.508 e. The average molecular weight is 1210 g/mol. The van der Waals surface area contributed by atoms with Crippen LogP contribution in [0.25, 0.3) is 0 Å². The van der Waals surface area contributed by atoms with Crippen molar-refractivity contribution in [1.82, 2.24) is 15.2 Å². The monoisotopic (exact) mass is 1210 g/mol. The van der Waals surface area contributed by atoms with Crippen LogP contribution in [0.5, 0.6) is 23.0 Å². The van der Waals surface area contributed by atoms with Crippen molar-refractivity contribution in [2.24, 2.45) is 10.7 Å². The van der Waals surface area contributed by atoms with E-state index in [4.69, 9.17) is 47.8 Å². The number of halogens is 1. The molecule has 3 unspecified atom stereocenters. The maximum absolute atomic E-state index is 13.0. The second-order valence-electron chi connectivity index (χ2n) is 18.5. The number of amides is 1. The summed E-state index contributed by atoms with van der Waals surface area (Å²) in [6.07, 6.45) is 4.98. The number of thiocarbonyl (C=S) groups is 1. The number of aromatic hydroxyl groups is 2. The van der Waals surface area contributed by atoms with Gasteiger partial charge in [-0.2, -0.15) is 14.9 Å². The van der Waals surface area contributed by atoms with Crippen molar-refractivity contribution in [1.29, 1.82) is 0 Å². The Morgan fingerprint density at radius 2 is 1.44 bits per heavy atom. The first-order chi connectivity index (χ1) is 36.6. The van der Waals surface area contributed by atoms with Gasteiger partial charge in [0.25, 0.3) is 5.97 Å². The molecule has 3 atom stereocenters. The Labute approximate surface area is 482 Å². The van der Waals surface area contributed by atoms with E-state index in [1.54, 1.807) is 41.3 Å². The van der Waals surface area contributed by atoms with E-state index in [1.165, 1.54) is 23.1 Å². The zero-order chi connectivity index (χ0) is 56.7. The summed E-state index contributed by atoms with van der Waals surface area (Å²) in [4.78, 5) is 55.9. The number of rotatable bonds is 16. The number of carboxylic acid groups (broad SMARTS) is 1. The molecule has 18 nitrogen and oxygen atoms in total. The van der Waals surface area contributed by atoms with Crippen molar-refractivity contribution in [3.63, 3.8) is 0 Å². The quantitative estimate of drug-likeness (QED) is 0.0114. The number of hydrogen-bond donors (Lipinski definition) is 8. The van der Waals surface area contributed by atoms with Gasteiger partial charge in [-0.15, -0.1) is 0 Å². The molecule has 1 aromatic heterocycles. The number of likely N-dealkylation sites (tertiary alicyclic amines) is 1. The molecule has 2 saturated heterocycles. The fraction of sp³-hybridized carbons (Fsp3) is 0.400. The highest BCUT2D eigenvalue weighted by Gasteiger charge is 2.31. The van der Waals surface area contributed by atoms with Crippen LogP contribution >= 0.6 is 61.1 Å². The minimum atomic E-state index is -0.833. The number of Topliss-reactive ketones (excluding diaryl/α,β-unsaturated/α-hetero) is 1. The Morgan fingerprint density at radius 3 is 1.96 bits per heavy atom. The summed E-state index contributed by atoms with van der Waals surface area (Å²) in [5.41, 5.74) is 15.7. The number of ether oxygens (including phenoxy) is 3. The first-order valence-electron chi connectivity index (χ1n) is 25.1. The minimum Gasteiger partial charge on any atom is -0.508 e. The molecule has 5 aromatic rings. The maximum Gasteiger partial charge on any atom is 0.410 e. The van der Waals surface area contributed by atoms with Crippen LogP contribution in [0.1, 0.15) is 111 Å². The molecule has 3 heterocycles. The zero-order valence-electron chi connectivity index (χ0n) is 45.2. The van der Waals surface area contributed by atoms with E-state index in [-0.39, 0.29) is 57.1 Å². The van der Waals surface area contributed by atoms with Gasteiger partial charge in [0.1, 0.15) is 51.5 Å². The number of carbonyl (C=O) groups is 4. The van der Waals surface area contributed by atoms with Gasteiger partial charge in [0.2, 0.25) is 5.78 Å². The highest BCUT2D eigenvalue weighted by atomic mass is 79.9. The molecule has 0 aliphatic carbocycles. The summed E-state index contributed by atoms with van der Waals surface area (Å²) < 4.78 is 17.3. The Balaban J connectivity index is 0.000000313. The molecule has 7 rings (SSSR count). The zero-order valence-corrected chi connectivity index (χ0v) is 50.7. The molecule has 2 fully saturated rings. The summed E-state index contributed by atoms with van der Waals surface area (Å²) in [6, 6.07) is 25.0. The van der Waals surface area contributed by atoms with Crippen LogP contribution in [0.2, 0.25) is 0 Å². The van der Waals surface area contributed by atoms with E-state index < -0.39 is 11.6 Å². The third kappa shape index (κ3) is 23.1. The number of ketones is 2. The third-order valence-corrected chi connectivity index (χ3v) is 13.3. The summed E-state index contributed by atoms with van der Waals surface area (Å²) in [6.45, 7) is 15.7. The Morgan fingerprint density at radius 1 is 0.885 bits per heavy atom. The number of nitrogens with one attached hydrogen (secondary N) is 3. The average Bonchev–Trinajstić information content (AvgIpc) is 4.16. The van der Waals surface area contributed by atoms with Gasteiger partial charge in [-0.3, -0.25) is 14.4 Å². The maximum atomic E-state index is 13.0. The molecule has 0 radical (unpaired) electrons. The molecular formula is C55H74BrN8O10PS3. The number of phenolic OH excluding ortho intramolecular Hbond substituents is 2. The molecule has 2 aliphatic rings. The number of anilines is 4. The van der Waals surface area contributed by atoms with Gasteiger partial charge in [-0.25, -0.2) is 9.78 Å². The van der Waals surface area contributed by atoms with Crippen LogP contribution in [-0.4, -0.2) is 114 Å².